The first-order chi connectivity index (χ1) is 12.3. The quantitative estimate of drug-likeness (QED) is 0.618. The van der Waals surface area contributed by atoms with Crippen LogP contribution in [-0.4, -0.2) is 30.3 Å². The lowest BCUT2D eigenvalue weighted by Gasteiger charge is -2.15. The Hall–Kier alpha value is -2.30. The van der Waals surface area contributed by atoms with Gasteiger partial charge in [0.05, 0.1) is 5.75 Å². The molecule has 26 heavy (non-hydrogen) atoms. The highest BCUT2D eigenvalue weighted by molar-refractivity contribution is 7.89. The molecular formula is C16H20FN3O5S. The van der Waals surface area contributed by atoms with E-state index in [9.17, 15) is 22.4 Å². The summed E-state index contributed by atoms with van der Waals surface area (Å²) in [5, 5.41) is 0. The number of hydrogen-bond acceptors (Lipinski definition) is 5. The van der Waals surface area contributed by atoms with Crippen molar-refractivity contribution < 1.29 is 17.5 Å². The molecule has 0 spiro atoms. The fourth-order valence-corrected chi connectivity index (χ4v) is 3.56. The van der Waals surface area contributed by atoms with Crippen LogP contribution in [0.25, 0.3) is 0 Å². The summed E-state index contributed by atoms with van der Waals surface area (Å²) in [4.78, 5) is 24.5. The lowest BCUT2D eigenvalue weighted by molar-refractivity contribution is 0.0744. The van der Waals surface area contributed by atoms with Crippen LogP contribution in [-0.2, 0) is 21.5 Å². The van der Waals surface area contributed by atoms with E-state index in [-0.39, 0.29) is 31.1 Å². The molecule has 0 radical (unpaired) electrons. The summed E-state index contributed by atoms with van der Waals surface area (Å²) in [6.45, 7) is 1.56. The van der Waals surface area contributed by atoms with Crippen LogP contribution in [0.2, 0.25) is 0 Å². The summed E-state index contributed by atoms with van der Waals surface area (Å²) < 4.78 is 46.6. The number of nitrogens with zero attached hydrogens (tertiary/aromatic N) is 1. The molecule has 0 bridgehead atoms. The topological polar surface area (TPSA) is 110 Å². The van der Waals surface area contributed by atoms with E-state index in [0.29, 0.717) is 0 Å². The first-order valence-electron chi connectivity index (χ1n) is 7.90. The minimum absolute atomic E-state index is 0.0978. The lowest BCUT2D eigenvalue weighted by atomic mass is 10.1. The van der Waals surface area contributed by atoms with Crippen LogP contribution in [0.4, 0.5) is 4.39 Å². The zero-order valence-electron chi connectivity index (χ0n) is 14.1. The average Bonchev–Trinajstić information content (AvgIpc) is 2.56. The van der Waals surface area contributed by atoms with Gasteiger partial charge in [-0.05, 0) is 19.4 Å². The minimum atomic E-state index is -3.62. The highest BCUT2D eigenvalue weighted by Gasteiger charge is 2.17. The van der Waals surface area contributed by atoms with Crippen molar-refractivity contribution in [3.8, 4) is 0 Å². The van der Waals surface area contributed by atoms with E-state index >= 15 is 0 Å². The van der Waals surface area contributed by atoms with Gasteiger partial charge < -0.3 is 4.74 Å². The molecule has 0 amide bonds. The number of nitrogens with one attached hydrogen (secondary N) is 2. The van der Waals surface area contributed by atoms with E-state index in [1.807, 2.05) is 0 Å². The van der Waals surface area contributed by atoms with Crippen LogP contribution in [0.3, 0.4) is 0 Å². The Morgan fingerprint density at radius 3 is 2.69 bits per heavy atom. The van der Waals surface area contributed by atoms with Gasteiger partial charge in [-0.2, -0.15) is 0 Å². The van der Waals surface area contributed by atoms with E-state index in [4.69, 9.17) is 4.74 Å². The molecule has 2 rings (SSSR count). The van der Waals surface area contributed by atoms with Gasteiger partial charge >= 0.3 is 5.69 Å². The minimum Gasteiger partial charge on any atom is -0.361 e. The standard InChI is InChI=1S/C16H20FN3O5S/c1-12(13-5-2-3-6-14(13)17)19-26(23,24)10-4-9-25-11-20-8-7-15(21)18-16(20)22/h2-3,5-8,12,19H,4,9-11H2,1H3,(H,18,21,22). The highest BCUT2D eigenvalue weighted by atomic mass is 32.2. The second-order valence-corrected chi connectivity index (χ2v) is 7.52. The third kappa shape index (κ3) is 5.90. The maximum Gasteiger partial charge on any atom is 0.330 e. The summed E-state index contributed by atoms with van der Waals surface area (Å²) in [6.07, 6.45) is 1.48. The van der Waals surface area contributed by atoms with Gasteiger partial charge in [-0.15, -0.1) is 0 Å². The Balaban J connectivity index is 1.78. The molecule has 0 fully saturated rings. The molecule has 0 aliphatic heterocycles. The molecule has 10 heteroatoms. The van der Waals surface area contributed by atoms with Crippen molar-refractivity contribution in [1.29, 1.82) is 0 Å². The Morgan fingerprint density at radius 1 is 1.27 bits per heavy atom. The molecule has 0 saturated heterocycles. The zero-order chi connectivity index (χ0) is 19.2. The summed E-state index contributed by atoms with van der Waals surface area (Å²) in [5.74, 6) is -0.677. The van der Waals surface area contributed by atoms with Gasteiger partial charge in [0.2, 0.25) is 10.0 Å². The molecular weight excluding hydrogens is 365 g/mol. The number of hydrogen-bond donors (Lipinski definition) is 2. The molecule has 0 aliphatic rings. The Labute approximate surface area is 149 Å². The Morgan fingerprint density at radius 2 is 2.00 bits per heavy atom. The van der Waals surface area contributed by atoms with Crippen molar-refractivity contribution in [2.45, 2.75) is 26.1 Å². The van der Waals surface area contributed by atoms with Gasteiger partial charge in [-0.3, -0.25) is 14.3 Å². The van der Waals surface area contributed by atoms with E-state index in [2.05, 4.69) is 9.71 Å². The maximum atomic E-state index is 13.7. The van der Waals surface area contributed by atoms with Crippen molar-refractivity contribution in [2.24, 2.45) is 0 Å². The van der Waals surface area contributed by atoms with E-state index in [1.165, 1.54) is 30.5 Å². The van der Waals surface area contributed by atoms with E-state index < -0.39 is 33.1 Å². The number of aromatic nitrogens is 2. The number of ether oxygens (including phenoxy) is 1. The van der Waals surface area contributed by atoms with Crippen LogP contribution in [0.15, 0.2) is 46.1 Å². The Kier molecular flexibility index (Phi) is 6.83. The molecule has 1 heterocycles. The summed E-state index contributed by atoms with van der Waals surface area (Å²) >= 11 is 0. The van der Waals surface area contributed by atoms with Gasteiger partial charge in [-0.1, -0.05) is 18.2 Å². The number of sulfonamides is 1. The van der Waals surface area contributed by atoms with Crippen molar-refractivity contribution in [1.82, 2.24) is 14.3 Å². The monoisotopic (exact) mass is 385 g/mol. The zero-order valence-corrected chi connectivity index (χ0v) is 15.0. The van der Waals surface area contributed by atoms with Gasteiger partial charge in [0, 0.05) is 30.5 Å². The first-order valence-corrected chi connectivity index (χ1v) is 9.56. The van der Waals surface area contributed by atoms with Crippen molar-refractivity contribution in [3.05, 3.63) is 68.7 Å². The third-order valence-electron chi connectivity index (χ3n) is 3.56. The number of H-pyrrole nitrogens is 1. The second-order valence-electron chi connectivity index (χ2n) is 5.65. The number of halogens is 1. The molecule has 142 valence electrons. The fourth-order valence-electron chi connectivity index (χ4n) is 2.28. The lowest BCUT2D eigenvalue weighted by Crippen LogP contribution is -2.31. The number of rotatable bonds is 9. The molecule has 1 unspecified atom stereocenters. The van der Waals surface area contributed by atoms with Crippen LogP contribution >= 0.6 is 0 Å². The van der Waals surface area contributed by atoms with Gasteiger partial charge in [-0.25, -0.2) is 22.3 Å². The third-order valence-corrected chi connectivity index (χ3v) is 5.10. The SMILES string of the molecule is CC(NS(=O)(=O)CCCOCn1ccc(=O)[nH]c1=O)c1ccccc1F. The predicted octanol–water partition coefficient (Wildman–Crippen LogP) is 0.720. The van der Waals surface area contributed by atoms with Gasteiger partial charge in [0.15, 0.2) is 0 Å². The largest absolute Gasteiger partial charge is 0.361 e. The average molecular weight is 385 g/mol. The van der Waals surface area contributed by atoms with Crippen LogP contribution in [0.5, 0.6) is 0 Å². The first kappa shape index (κ1) is 20.0. The summed E-state index contributed by atoms with van der Waals surface area (Å²) in [5.41, 5.74) is -0.845. The molecule has 8 nitrogen and oxygen atoms in total. The van der Waals surface area contributed by atoms with Crippen molar-refractivity contribution in [3.63, 3.8) is 0 Å². The molecule has 1 aromatic carbocycles. The van der Waals surface area contributed by atoms with E-state index in [0.717, 1.165) is 4.57 Å². The van der Waals surface area contributed by atoms with Crippen molar-refractivity contribution in [2.75, 3.05) is 12.4 Å². The second kappa shape index (κ2) is 8.88. The normalized spacial score (nSPS) is 12.8. The van der Waals surface area contributed by atoms with Gasteiger partial charge in [0.1, 0.15) is 12.5 Å². The van der Waals surface area contributed by atoms with Crippen LogP contribution in [0.1, 0.15) is 24.9 Å². The predicted molar refractivity (Wildman–Crippen MR) is 93.6 cm³/mol. The number of benzene rings is 1. The molecule has 2 aromatic rings. The molecule has 0 aliphatic carbocycles. The molecule has 1 atom stereocenters. The highest BCUT2D eigenvalue weighted by Crippen LogP contribution is 2.17. The number of aromatic amines is 1. The summed E-state index contributed by atoms with van der Waals surface area (Å²) in [6, 6.07) is 6.45. The molecule has 0 saturated carbocycles. The van der Waals surface area contributed by atoms with Crippen LogP contribution < -0.4 is 16.0 Å². The van der Waals surface area contributed by atoms with E-state index in [1.54, 1.807) is 13.0 Å². The van der Waals surface area contributed by atoms with Crippen LogP contribution in [0, 0.1) is 5.82 Å². The fraction of sp³-hybridized carbons (Fsp3) is 0.375. The molecule has 2 N–H and O–H groups in total. The smallest absolute Gasteiger partial charge is 0.330 e. The molecule has 1 aromatic heterocycles. The Bertz CT molecular complexity index is 955. The van der Waals surface area contributed by atoms with Gasteiger partial charge in [0.25, 0.3) is 5.56 Å². The van der Waals surface area contributed by atoms with Crippen molar-refractivity contribution >= 4 is 10.0 Å². The summed E-state index contributed by atoms with van der Waals surface area (Å²) in [7, 11) is -3.62. The maximum absolute atomic E-state index is 13.7.